The summed E-state index contributed by atoms with van der Waals surface area (Å²) >= 11 is 7.22. The molecule has 1 N–H and O–H groups in total. The molecule has 1 heterocycles. The minimum atomic E-state index is -0.549. The van der Waals surface area contributed by atoms with Crippen molar-refractivity contribution in [1.29, 1.82) is 0 Å². The highest BCUT2D eigenvalue weighted by atomic mass is 35.5. The van der Waals surface area contributed by atoms with Crippen molar-refractivity contribution >= 4 is 40.4 Å². The highest BCUT2D eigenvalue weighted by Gasteiger charge is 2.28. The molecule has 1 aromatic heterocycles. The number of carbonyl (C=O) groups excluding carboxylic acids is 2. The van der Waals surface area contributed by atoms with Crippen LogP contribution in [0, 0.1) is 11.7 Å². The Kier molecular flexibility index (Phi) is 5.11. The van der Waals surface area contributed by atoms with E-state index in [1.165, 1.54) is 29.5 Å². The average Bonchev–Trinajstić information content (AvgIpc) is 2.99. The number of aryl methyl sites for hydroxylation is 1. The summed E-state index contributed by atoms with van der Waals surface area (Å²) in [7, 11) is 3.44. The van der Waals surface area contributed by atoms with Crippen LogP contribution < -0.4 is 5.32 Å². The number of amides is 2. The number of hydrogen-bond donors (Lipinski definition) is 1. The minimum Gasteiger partial charge on any atom is -0.344 e. The third-order valence-electron chi connectivity index (χ3n) is 4.26. The first kappa shape index (κ1) is 17.9. The van der Waals surface area contributed by atoms with Crippen molar-refractivity contribution < 1.29 is 14.0 Å². The zero-order valence-electron chi connectivity index (χ0n) is 13.9. The van der Waals surface area contributed by atoms with Gasteiger partial charge in [0.1, 0.15) is 5.82 Å². The van der Waals surface area contributed by atoms with E-state index >= 15 is 0 Å². The number of anilines is 1. The van der Waals surface area contributed by atoms with E-state index in [4.69, 9.17) is 11.6 Å². The molecule has 0 bridgehead atoms. The highest BCUT2D eigenvalue weighted by molar-refractivity contribution is 7.14. The van der Waals surface area contributed by atoms with Crippen molar-refractivity contribution in [3.8, 4) is 0 Å². The Morgan fingerprint density at radius 3 is 2.76 bits per heavy atom. The maximum atomic E-state index is 13.8. The zero-order chi connectivity index (χ0) is 18.1. The van der Waals surface area contributed by atoms with Crippen molar-refractivity contribution in [3.63, 3.8) is 0 Å². The Morgan fingerprint density at radius 1 is 1.32 bits per heavy atom. The number of nitrogens with one attached hydrogen (secondary N) is 1. The Morgan fingerprint density at radius 2 is 2.08 bits per heavy atom. The van der Waals surface area contributed by atoms with Crippen LogP contribution in [0.25, 0.3) is 0 Å². The van der Waals surface area contributed by atoms with Crippen LogP contribution in [-0.4, -0.2) is 30.8 Å². The second-order valence-electron chi connectivity index (χ2n) is 6.31. The predicted molar refractivity (Wildman–Crippen MR) is 97.9 cm³/mol. The summed E-state index contributed by atoms with van der Waals surface area (Å²) in [5.74, 6) is -1.02. The quantitative estimate of drug-likeness (QED) is 0.875. The van der Waals surface area contributed by atoms with Crippen LogP contribution in [0.4, 0.5) is 10.1 Å². The molecule has 0 saturated carbocycles. The fourth-order valence-electron chi connectivity index (χ4n) is 2.90. The zero-order valence-corrected chi connectivity index (χ0v) is 15.5. The fourth-order valence-corrected chi connectivity index (χ4v) is 4.29. The molecule has 7 heteroatoms. The number of fused-ring (bicyclic) bond motifs is 1. The molecule has 2 amide bonds. The van der Waals surface area contributed by atoms with Crippen molar-refractivity contribution in [1.82, 2.24) is 4.90 Å². The van der Waals surface area contributed by atoms with Crippen molar-refractivity contribution in [2.45, 2.75) is 19.3 Å². The molecule has 2 aromatic rings. The molecule has 0 radical (unpaired) electrons. The summed E-state index contributed by atoms with van der Waals surface area (Å²) in [6, 6.07) is 6.05. The van der Waals surface area contributed by atoms with E-state index < -0.39 is 5.82 Å². The lowest BCUT2D eigenvalue weighted by Gasteiger charge is -2.21. The topological polar surface area (TPSA) is 49.4 Å². The second kappa shape index (κ2) is 7.14. The molecule has 1 aliphatic carbocycles. The molecule has 0 spiro atoms. The van der Waals surface area contributed by atoms with Gasteiger partial charge in [-0.2, -0.15) is 0 Å². The maximum absolute atomic E-state index is 13.8. The van der Waals surface area contributed by atoms with Gasteiger partial charge in [0.05, 0.1) is 10.6 Å². The largest absolute Gasteiger partial charge is 0.344 e. The first-order valence-corrected chi connectivity index (χ1v) is 9.13. The van der Waals surface area contributed by atoms with Gasteiger partial charge in [-0.1, -0.05) is 11.6 Å². The molecular formula is C18H18ClFN2O2S. The summed E-state index contributed by atoms with van der Waals surface area (Å²) in [4.78, 5) is 28.0. The third-order valence-corrected chi connectivity index (χ3v) is 5.72. The van der Waals surface area contributed by atoms with E-state index in [0.717, 1.165) is 16.9 Å². The number of halogens is 2. The molecule has 1 atom stereocenters. The SMILES string of the molecule is CN(C)C(=O)c1cc2c(s1)CC[C@@H](C(=O)Nc1ccc(Cl)cc1F)C2. The normalized spacial score (nSPS) is 16.2. The monoisotopic (exact) mass is 380 g/mol. The maximum Gasteiger partial charge on any atom is 0.263 e. The molecular weight excluding hydrogens is 363 g/mol. The Bertz CT molecular complexity index is 834. The standard InChI is InChI=1S/C18H18ClFN2O2S/c1-22(2)18(24)16-8-11-7-10(3-6-15(11)25-16)17(23)21-14-5-4-12(19)9-13(14)20/h4-5,8-10H,3,6-7H2,1-2H3,(H,21,23)/t10-/m1/s1. The van der Waals surface area contributed by atoms with Crippen LogP contribution in [0.1, 0.15) is 26.5 Å². The van der Waals surface area contributed by atoms with Crippen LogP contribution >= 0.6 is 22.9 Å². The van der Waals surface area contributed by atoms with Gasteiger partial charge in [0.2, 0.25) is 5.91 Å². The van der Waals surface area contributed by atoms with Gasteiger partial charge in [-0.05, 0) is 49.1 Å². The van der Waals surface area contributed by atoms with E-state index in [-0.39, 0.29) is 28.4 Å². The van der Waals surface area contributed by atoms with E-state index in [9.17, 15) is 14.0 Å². The number of carbonyl (C=O) groups is 2. The number of hydrogen-bond acceptors (Lipinski definition) is 3. The number of nitrogens with zero attached hydrogens (tertiary/aromatic N) is 1. The Labute approximate surface area is 154 Å². The minimum absolute atomic E-state index is 0.0244. The summed E-state index contributed by atoms with van der Waals surface area (Å²) in [6.45, 7) is 0. The lowest BCUT2D eigenvalue weighted by Crippen LogP contribution is -2.27. The van der Waals surface area contributed by atoms with E-state index in [2.05, 4.69) is 5.32 Å². The molecule has 3 rings (SSSR count). The second-order valence-corrected chi connectivity index (χ2v) is 7.88. The molecule has 25 heavy (non-hydrogen) atoms. The average molecular weight is 381 g/mol. The fraction of sp³-hybridized carbons (Fsp3) is 0.333. The number of thiophene rings is 1. The Hall–Kier alpha value is -1.92. The van der Waals surface area contributed by atoms with Crippen LogP contribution in [0.5, 0.6) is 0 Å². The lowest BCUT2D eigenvalue weighted by atomic mass is 9.87. The molecule has 1 aliphatic rings. The summed E-state index contributed by atoms with van der Waals surface area (Å²) in [5, 5.41) is 2.93. The van der Waals surface area contributed by atoms with Gasteiger partial charge in [0.15, 0.2) is 0 Å². The molecule has 0 saturated heterocycles. The highest BCUT2D eigenvalue weighted by Crippen LogP contribution is 2.33. The van der Waals surface area contributed by atoms with E-state index in [1.807, 2.05) is 6.07 Å². The summed E-state index contributed by atoms with van der Waals surface area (Å²) < 4.78 is 13.8. The number of rotatable bonds is 3. The van der Waals surface area contributed by atoms with E-state index in [0.29, 0.717) is 17.7 Å². The van der Waals surface area contributed by atoms with Gasteiger partial charge < -0.3 is 10.2 Å². The predicted octanol–water partition coefficient (Wildman–Crippen LogP) is 3.99. The first-order valence-electron chi connectivity index (χ1n) is 7.94. The molecule has 0 fully saturated rings. The van der Waals surface area contributed by atoms with Crippen LogP contribution in [0.15, 0.2) is 24.3 Å². The number of benzene rings is 1. The van der Waals surface area contributed by atoms with Gasteiger partial charge >= 0.3 is 0 Å². The van der Waals surface area contributed by atoms with Crippen molar-refractivity contribution in [2.75, 3.05) is 19.4 Å². The summed E-state index contributed by atoms with van der Waals surface area (Å²) in [6.07, 6.45) is 2.00. The van der Waals surface area contributed by atoms with Crippen LogP contribution in [0.2, 0.25) is 5.02 Å². The smallest absolute Gasteiger partial charge is 0.263 e. The van der Waals surface area contributed by atoms with Crippen molar-refractivity contribution in [3.05, 3.63) is 50.4 Å². The van der Waals surface area contributed by atoms with Crippen LogP contribution in [-0.2, 0) is 17.6 Å². The van der Waals surface area contributed by atoms with Gasteiger partial charge in [-0.15, -0.1) is 11.3 Å². The molecule has 132 valence electrons. The van der Waals surface area contributed by atoms with Gasteiger partial charge in [-0.3, -0.25) is 9.59 Å². The molecule has 4 nitrogen and oxygen atoms in total. The van der Waals surface area contributed by atoms with Crippen LogP contribution in [0.3, 0.4) is 0 Å². The molecule has 0 aliphatic heterocycles. The van der Waals surface area contributed by atoms with Gasteiger partial charge in [0.25, 0.3) is 5.91 Å². The third kappa shape index (κ3) is 3.85. The molecule has 1 aromatic carbocycles. The lowest BCUT2D eigenvalue weighted by molar-refractivity contribution is -0.120. The Balaban J connectivity index is 1.71. The first-order chi connectivity index (χ1) is 11.8. The molecule has 0 unspecified atom stereocenters. The van der Waals surface area contributed by atoms with E-state index in [1.54, 1.807) is 19.0 Å². The van der Waals surface area contributed by atoms with Gasteiger partial charge in [0, 0.05) is 29.9 Å². The van der Waals surface area contributed by atoms with Gasteiger partial charge in [-0.25, -0.2) is 4.39 Å². The van der Waals surface area contributed by atoms with Crippen molar-refractivity contribution in [2.24, 2.45) is 5.92 Å². The summed E-state index contributed by atoms with van der Waals surface area (Å²) in [5.41, 5.74) is 1.17.